The van der Waals surface area contributed by atoms with Gasteiger partial charge in [-0.05, 0) is 42.0 Å². The Morgan fingerprint density at radius 2 is 1.09 bits per heavy atom. The Hall–Kier alpha value is -3.07. The fraction of sp³-hybridized carbons (Fsp3) is 0. The molecule has 0 atom stereocenters. The Balaban J connectivity index is 2.06. The molecule has 3 aromatic carbocycles. The van der Waals surface area contributed by atoms with Crippen molar-refractivity contribution in [2.24, 2.45) is 5.16 Å². The minimum atomic E-state index is 0.854. The minimum Gasteiger partial charge on any atom is -0.411 e. The van der Waals surface area contributed by atoms with Gasteiger partial charge in [-0.1, -0.05) is 53.7 Å². The lowest BCUT2D eigenvalue weighted by Crippen LogP contribution is -2.09. The fourth-order valence-electron chi connectivity index (χ4n) is 2.38. The standard InChI is InChI=1S/C19H16N2O/c22-20-15-16-11-13-19(14-12-16)21(17-7-3-1-4-8-17)18-9-5-2-6-10-18/h1-15,22H. The number of hydrogen-bond acceptors (Lipinski definition) is 3. The maximum Gasteiger partial charge on any atom is 0.0733 e. The highest BCUT2D eigenvalue weighted by Gasteiger charge is 2.11. The summed E-state index contributed by atoms with van der Waals surface area (Å²) in [4.78, 5) is 2.18. The Morgan fingerprint density at radius 3 is 1.55 bits per heavy atom. The molecule has 0 saturated heterocycles. The quantitative estimate of drug-likeness (QED) is 0.418. The van der Waals surface area contributed by atoms with Crippen LogP contribution in [0.1, 0.15) is 5.56 Å². The minimum absolute atomic E-state index is 0.854. The van der Waals surface area contributed by atoms with E-state index in [-0.39, 0.29) is 0 Å². The van der Waals surface area contributed by atoms with Crippen LogP contribution in [-0.4, -0.2) is 11.4 Å². The average molecular weight is 288 g/mol. The third-order valence-corrected chi connectivity index (χ3v) is 3.39. The summed E-state index contributed by atoms with van der Waals surface area (Å²) in [6, 6.07) is 28.3. The lowest BCUT2D eigenvalue weighted by Gasteiger charge is -2.25. The summed E-state index contributed by atoms with van der Waals surface area (Å²) in [6.45, 7) is 0. The molecular weight excluding hydrogens is 272 g/mol. The average Bonchev–Trinajstić information content (AvgIpc) is 2.59. The lowest BCUT2D eigenvalue weighted by atomic mass is 10.1. The highest BCUT2D eigenvalue weighted by Crippen LogP contribution is 2.33. The third kappa shape index (κ3) is 2.99. The topological polar surface area (TPSA) is 35.8 Å². The van der Waals surface area contributed by atoms with Crippen LogP contribution in [0.15, 0.2) is 90.1 Å². The van der Waals surface area contributed by atoms with Crippen LogP contribution in [0.2, 0.25) is 0 Å². The zero-order valence-corrected chi connectivity index (χ0v) is 12.0. The smallest absolute Gasteiger partial charge is 0.0733 e. The number of anilines is 3. The molecule has 108 valence electrons. The maximum atomic E-state index is 8.61. The van der Waals surface area contributed by atoms with Gasteiger partial charge in [0.15, 0.2) is 0 Å². The van der Waals surface area contributed by atoms with Gasteiger partial charge in [0.05, 0.1) is 6.21 Å². The second kappa shape index (κ2) is 6.59. The van der Waals surface area contributed by atoms with Crippen molar-refractivity contribution in [1.29, 1.82) is 0 Å². The number of nitrogens with zero attached hydrogens (tertiary/aromatic N) is 2. The molecular formula is C19H16N2O. The summed E-state index contributed by atoms with van der Waals surface area (Å²) in [7, 11) is 0. The van der Waals surface area contributed by atoms with E-state index in [1.54, 1.807) is 0 Å². The van der Waals surface area contributed by atoms with E-state index in [4.69, 9.17) is 5.21 Å². The second-order valence-electron chi connectivity index (χ2n) is 4.84. The van der Waals surface area contributed by atoms with E-state index in [9.17, 15) is 0 Å². The van der Waals surface area contributed by atoms with Gasteiger partial charge in [-0.2, -0.15) is 0 Å². The summed E-state index contributed by atoms with van der Waals surface area (Å²) >= 11 is 0. The molecule has 3 rings (SSSR count). The van der Waals surface area contributed by atoms with Crippen LogP contribution in [0.25, 0.3) is 0 Å². The number of benzene rings is 3. The molecule has 0 bridgehead atoms. The van der Waals surface area contributed by atoms with Crippen molar-refractivity contribution in [2.75, 3.05) is 4.90 Å². The molecule has 0 aromatic heterocycles. The lowest BCUT2D eigenvalue weighted by molar-refractivity contribution is 0.322. The summed E-state index contributed by atoms with van der Waals surface area (Å²) in [5, 5.41) is 11.7. The van der Waals surface area contributed by atoms with Crippen molar-refractivity contribution in [2.45, 2.75) is 0 Å². The molecule has 0 aliphatic carbocycles. The third-order valence-electron chi connectivity index (χ3n) is 3.39. The fourth-order valence-corrected chi connectivity index (χ4v) is 2.38. The summed E-state index contributed by atoms with van der Waals surface area (Å²) in [5.74, 6) is 0. The molecule has 0 unspecified atom stereocenters. The van der Waals surface area contributed by atoms with Gasteiger partial charge < -0.3 is 10.1 Å². The highest BCUT2D eigenvalue weighted by molar-refractivity contribution is 5.82. The molecule has 22 heavy (non-hydrogen) atoms. The molecule has 1 N–H and O–H groups in total. The highest BCUT2D eigenvalue weighted by atomic mass is 16.4. The van der Waals surface area contributed by atoms with Crippen LogP contribution >= 0.6 is 0 Å². The van der Waals surface area contributed by atoms with Crippen LogP contribution < -0.4 is 4.90 Å². The molecule has 0 radical (unpaired) electrons. The van der Waals surface area contributed by atoms with Crippen LogP contribution in [-0.2, 0) is 0 Å². The van der Waals surface area contributed by atoms with Crippen LogP contribution in [0.4, 0.5) is 17.1 Å². The van der Waals surface area contributed by atoms with E-state index < -0.39 is 0 Å². The first-order valence-corrected chi connectivity index (χ1v) is 7.06. The summed E-state index contributed by atoms with van der Waals surface area (Å²) in [6.07, 6.45) is 1.42. The first-order valence-electron chi connectivity index (χ1n) is 7.06. The van der Waals surface area contributed by atoms with Gasteiger partial charge in [-0.25, -0.2) is 0 Å². The number of para-hydroxylation sites is 2. The molecule has 3 heteroatoms. The van der Waals surface area contributed by atoms with Gasteiger partial charge >= 0.3 is 0 Å². The van der Waals surface area contributed by atoms with Gasteiger partial charge in [-0.3, -0.25) is 0 Å². The monoisotopic (exact) mass is 288 g/mol. The zero-order valence-electron chi connectivity index (χ0n) is 12.0. The molecule has 0 heterocycles. The largest absolute Gasteiger partial charge is 0.411 e. The van der Waals surface area contributed by atoms with Crippen molar-refractivity contribution in [1.82, 2.24) is 0 Å². The van der Waals surface area contributed by atoms with Gasteiger partial charge in [-0.15, -0.1) is 0 Å². The second-order valence-corrected chi connectivity index (χ2v) is 4.84. The SMILES string of the molecule is ON=Cc1ccc(N(c2ccccc2)c2ccccc2)cc1. The molecule has 0 saturated carbocycles. The summed E-state index contributed by atoms with van der Waals surface area (Å²) < 4.78 is 0. The van der Waals surface area contributed by atoms with E-state index in [0.717, 1.165) is 22.6 Å². The number of rotatable bonds is 4. The normalized spacial score (nSPS) is 10.7. The van der Waals surface area contributed by atoms with E-state index >= 15 is 0 Å². The van der Waals surface area contributed by atoms with Crippen LogP contribution in [0.5, 0.6) is 0 Å². The van der Waals surface area contributed by atoms with Gasteiger partial charge in [0.1, 0.15) is 0 Å². The van der Waals surface area contributed by atoms with E-state index in [1.807, 2.05) is 60.7 Å². The van der Waals surface area contributed by atoms with Crippen molar-refractivity contribution >= 4 is 23.3 Å². The summed E-state index contributed by atoms with van der Waals surface area (Å²) in [5.41, 5.74) is 4.09. The van der Waals surface area contributed by atoms with Crippen molar-refractivity contribution in [3.05, 3.63) is 90.5 Å². The van der Waals surface area contributed by atoms with E-state index in [2.05, 4.69) is 34.3 Å². The van der Waals surface area contributed by atoms with E-state index in [0.29, 0.717) is 0 Å². The van der Waals surface area contributed by atoms with Gasteiger partial charge in [0, 0.05) is 17.1 Å². The van der Waals surface area contributed by atoms with Crippen LogP contribution in [0, 0.1) is 0 Å². The van der Waals surface area contributed by atoms with Crippen molar-refractivity contribution < 1.29 is 5.21 Å². The molecule has 0 amide bonds. The Morgan fingerprint density at radius 1 is 0.636 bits per heavy atom. The molecule has 0 aliphatic heterocycles. The van der Waals surface area contributed by atoms with Gasteiger partial charge in [0.25, 0.3) is 0 Å². The molecule has 0 fully saturated rings. The molecule has 3 nitrogen and oxygen atoms in total. The maximum absolute atomic E-state index is 8.61. The zero-order chi connectivity index (χ0) is 15.2. The first-order chi connectivity index (χ1) is 10.9. The van der Waals surface area contributed by atoms with Crippen LogP contribution in [0.3, 0.4) is 0 Å². The molecule has 0 spiro atoms. The number of oxime groups is 1. The predicted octanol–water partition coefficient (Wildman–Crippen LogP) is 4.96. The van der Waals surface area contributed by atoms with Crippen molar-refractivity contribution in [3.63, 3.8) is 0 Å². The molecule has 3 aromatic rings. The molecule has 0 aliphatic rings. The van der Waals surface area contributed by atoms with Crippen molar-refractivity contribution in [3.8, 4) is 0 Å². The number of hydrogen-bond donors (Lipinski definition) is 1. The Bertz CT molecular complexity index is 698. The van der Waals surface area contributed by atoms with E-state index in [1.165, 1.54) is 6.21 Å². The Kier molecular flexibility index (Phi) is 4.16. The predicted molar refractivity (Wildman–Crippen MR) is 90.5 cm³/mol. The van der Waals surface area contributed by atoms with Gasteiger partial charge in [0.2, 0.25) is 0 Å². The first kappa shape index (κ1) is 13.9. The Labute approximate surface area is 129 Å².